The first-order valence-corrected chi connectivity index (χ1v) is 6.22. The van der Waals surface area contributed by atoms with Gasteiger partial charge in [0.15, 0.2) is 0 Å². The summed E-state index contributed by atoms with van der Waals surface area (Å²) in [6, 6.07) is 11.5. The van der Waals surface area contributed by atoms with E-state index in [1.165, 1.54) is 0 Å². The maximum Gasteiger partial charge on any atom is 0.140 e. The molecule has 0 spiro atoms. The Morgan fingerprint density at radius 2 is 2.17 bits per heavy atom. The molecule has 0 saturated heterocycles. The molecule has 2 rings (SSSR count). The number of hydrogen-bond donors (Lipinski definition) is 0. The van der Waals surface area contributed by atoms with E-state index in [0.29, 0.717) is 12.3 Å². The number of pyridine rings is 1. The molecule has 0 N–H and O–H groups in total. The minimum Gasteiger partial charge on any atom is -0.489 e. The van der Waals surface area contributed by atoms with E-state index in [-0.39, 0.29) is 0 Å². The van der Waals surface area contributed by atoms with Crippen molar-refractivity contribution < 1.29 is 4.74 Å². The van der Waals surface area contributed by atoms with Crippen molar-refractivity contribution in [2.45, 2.75) is 13.5 Å². The van der Waals surface area contributed by atoms with E-state index in [1.54, 1.807) is 12.3 Å². The van der Waals surface area contributed by atoms with Gasteiger partial charge in [-0.25, -0.2) is 4.98 Å². The number of ether oxygens (including phenoxy) is 1. The zero-order valence-corrected chi connectivity index (χ0v) is 11.4. The Morgan fingerprint density at radius 1 is 1.33 bits per heavy atom. The molecule has 0 amide bonds. The van der Waals surface area contributed by atoms with Crippen molar-refractivity contribution in [3.8, 4) is 11.8 Å². The van der Waals surface area contributed by atoms with Crippen LogP contribution in [0.4, 0.5) is 0 Å². The molecule has 0 radical (unpaired) electrons. The fourth-order valence-corrected chi connectivity index (χ4v) is 1.86. The molecule has 1 aromatic heterocycles. The van der Waals surface area contributed by atoms with Gasteiger partial charge in [0.2, 0.25) is 0 Å². The zero-order valence-electron chi connectivity index (χ0n) is 9.85. The molecular formula is C14H11BrN2O. The molecule has 3 nitrogen and oxygen atoms in total. The lowest BCUT2D eigenvalue weighted by Gasteiger charge is -2.09. The van der Waals surface area contributed by atoms with Crippen LogP contribution in [0.3, 0.4) is 0 Å². The maximum absolute atomic E-state index is 8.77. The molecule has 0 aliphatic heterocycles. The number of nitrogens with zero attached hydrogens (tertiary/aromatic N) is 2. The van der Waals surface area contributed by atoms with Gasteiger partial charge in [0.05, 0.1) is 0 Å². The molecule has 0 unspecified atom stereocenters. The molecule has 0 bridgehead atoms. The first-order valence-electron chi connectivity index (χ1n) is 5.43. The van der Waals surface area contributed by atoms with Crippen LogP contribution in [-0.2, 0) is 6.61 Å². The minimum atomic E-state index is 0.405. The van der Waals surface area contributed by atoms with Crippen LogP contribution in [0.25, 0.3) is 0 Å². The lowest BCUT2D eigenvalue weighted by molar-refractivity contribution is 0.304. The zero-order chi connectivity index (χ0) is 13.0. The number of rotatable bonds is 3. The summed E-state index contributed by atoms with van der Waals surface area (Å²) in [4.78, 5) is 3.92. The monoisotopic (exact) mass is 302 g/mol. The summed E-state index contributed by atoms with van der Waals surface area (Å²) < 4.78 is 6.72. The smallest absolute Gasteiger partial charge is 0.140 e. The van der Waals surface area contributed by atoms with Crippen molar-refractivity contribution in [1.29, 1.82) is 5.26 Å². The molecule has 90 valence electrons. The predicted octanol–water partition coefficient (Wildman–Crippen LogP) is 3.60. The summed E-state index contributed by atoms with van der Waals surface area (Å²) in [6.45, 7) is 2.42. The second-order valence-electron chi connectivity index (χ2n) is 3.86. The molecule has 2 aromatic rings. The second-order valence-corrected chi connectivity index (χ2v) is 4.78. The van der Waals surface area contributed by atoms with E-state index >= 15 is 0 Å². The summed E-state index contributed by atoms with van der Waals surface area (Å²) in [5.41, 5.74) is 2.41. The van der Waals surface area contributed by atoms with Gasteiger partial charge in [-0.2, -0.15) is 5.26 Å². The number of nitriles is 1. The summed E-state index contributed by atoms with van der Waals surface area (Å²) in [5.74, 6) is 0.833. The molecule has 0 saturated carbocycles. The Balaban J connectivity index is 2.11. The first kappa shape index (κ1) is 12.6. The molecule has 0 aliphatic rings. The molecule has 1 aromatic carbocycles. The summed E-state index contributed by atoms with van der Waals surface area (Å²) in [6.07, 6.45) is 1.62. The normalized spacial score (nSPS) is 9.83. The maximum atomic E-state index is 8.77. The van der Waals surface area contributed by atoms with Gasteiger partial charge in [-0.05, 0) is 42.3 Å². The Kier molecular flexibility index (Phi) is 3.96. The quantitative estimate of drug-likeness (QED) is 0.870. The fraction of sp³-hybridized carbons (Fsp3) is 0.143. The highest BCUT2D eigenvalue weighted by Crippen LogP contribution is 2.23. The number of hydrogen-bond acceptors (Lipinski definition) is 3. The van der Waals surface area contributed by atoms with Crippen LogP contribution < -0.4 is 4.74 Å². The van der Waals surface area contributed by atoms with E-state index in [0.717, 1.165) is 21.3 Å². The van der Waals surface area contributed by atoms with Crippen LogP contribution in [0.15, 0.2) is 41.0 Å². The Labute approximate surface area is 114 Å². The Bertz CT molecular complexity index is 605. The summed E-state index contributed by atoms with van der Waals surface area (Å²) in [5, 5.41) is 8.77. The lowest BCUT2D eigenvalue weighted by Crippen LogP contribution is -1.98. The van der Waals surface area contributed by atoms with Gasteiger partial charge in [0.25, 0.3) is 0 Å². The van der Waals surface area contributed by atoms with Gasteiger partial charge in [-0.1, -0.05) is 22.0 Å². The largest absolute Gasteiger partial charge is 0.489 e. The molecule has 18 heavy (non-hydrogen) atoms. The highest BCUT2D eigenvalue weighted by atomic mass is 79.9. The van der Waals surface area contributed by atoms with Gasteiger partial charge in [-0.15, -0.1) is 0 Å². The van der Waals surface area contributed by atoms with Crippen LogP contribution in [-0.4, -0.2) is 4.98 Å². The van der Waals surface area contributed by atoms with Crippen molar-refractivity contribution in [2.75, 3.05) is 0 Å². The van der Waals surface area contributed by atoms with Crippen LogP contribution in [0.2, 0.25) is 0 Å². The number of benzene rings is 1. The van der Waals surface area contributed by atoms with E-state index in [9.17, 15) is 0 Å². The topological polar surface area (TPSA) is 45.9 Å². The van der Waals surface area contributed by atoms with E-state index < -0.39 is 0 Å². The number of aryl methyl sites for hydroxylation is 1. The van der Waals surface area contributed by atoms with Crippen LogP contribution in [0.5, 0.6) is 5.75 Å². The standard InChI is InChI=1S/C14H11BrN2O/c1-10-2-3-12(15)7-14(10)18-9-11-4-5-17-13(6-11)8-16/h2-7H,9H2,1H3. The lowest BCUT2D eigenvalue weighted by atomic mass is 10.2. The van der Waals surface area contributed by atoms with Gasteiger partial charge in [0, 0.05) is 10.7 Å². The first-order chi connectivity index (χ1) is 8.69. The third kappa shape index (κ3) is 3.08. The molecule has 0 fully saturated rings. The van der Waals surface area contributed by atoms with Crippen LogP contribution in [0, 0.1) is 18.3 Å². The van der Waals surface area contributed by atoms with Crippen LogP contribution in [0.1, 0.15) is 16.8 Å². The Morgan fingerprint density at radius 3 is 2.94 bits per heavy atom. The van der Waals surface area contributed by atoms with Gasteiger partial charge < -0.3 is 4.74 Å². The van der Waals surface area contributed by atoms with Crippen molar-refractivity contribution in [3.05, 3.63) is 57.8 Å². The summed E-state index contributed by atoms with van der Waals surface area (Å²) >= 11 is 3.41. The van der Waals surface area contributed by atoms with Crippen molar-refractivity contribution in [3.63, 3.8) is 0 Å². The SMILES string of the molecule is Cc1ccc(Br)cc1OCc1ccnc(C#N)c1. The predicted molar refractivity (Wildman–Crippen MR) is 72.2 cm³/mol. The fourth-order valence-electron chi connectivity index (χ4n) is 1.52. The average molecular weight is 303 g/mol. The second kappa shape index (κ2) is 5.65. The molecule has 4 heteroatoms. The average Bonchev–Trinajstić information content (AvgIpc) is 2.40. The highest BCUT2D eigenvalue weighted by Gasteiger charge is 2.02. The third-order valence-corrected chi connectivity index (χ3v) is 2.98. The highest BCUT2D eigenvalue weighted by molar-refractivity contribution is 9.10. The Hall–Kier alpha value is -1.86. The van der Waals surface area contributed by atoms with Gasteiger partial charge in [0.1, 0.15) is 24.1 Å². The third-order valence-electron chi connectivity index (χ3n) is 2.48. The van der Waals surface area contributed by atoms with Gasteiger partial charge in [-0.3, -0.25) is 0 Å². The van der Waals surface area contributed by atoms with Crippen molar-refractivity contribution in [2.24, 2.45) is 0 Å². The molecule has 0 atom stereocenters. The van der Waals surface area contributed by atoms with Crippen molar-refractivity contribution >= 4 is 15.9 Å². The van der Waals surface area contributed by atoms with E-state index in [1.807, 2.05) is 37.3 Å². The molecular weight excluding hydrogens is 292 g/mol. The van der Waals surface area contributed by atoms with E-state index in [4.69, 9.17) is 10.00 Å². The van der Waals surface area contributed by atoms with Crippen molar-refractivity contribution in [1.82, 2.24) is 4.98 Å². The number of halogens is 1. The van der Waals surface area contributed by atoms with Gasteiger partial charge >= 0.3 is 0 Å². The minimum absolute atomic E-state index is 0.405. The molecule has 1 heterocycles. The van der Waals surface area contributed by atoms with E-state index in [2.05, 4.69) is 20.9 Å². The molecule has 0 aliphatic carbocycles. The van der Waals surface area contributed by atoms with Crippen LogP contribution >= 0.6 is 15.9 Å². The number of aromatic nitrogens is 1. The summed E-state index contributed by atoms with van der Waals surface area (Å²) in [7, 11) is 0.